The molecule has 5 rings (SSSR count). The zero-order valence-electron chi connectivity index (χ0n) is 28.4. The SMILES string of the molecule is CC(C)(C)OC(=O)N1CC2COCC(C1)C2OC(=O)NC(c1ccccc1)c1cccc(OCc2ccc(C(=O)NCCCCO)cc2)c1. The molecule has 2 bridgehead atoms. The fourth-order valence-corrected chi connectivity index (χ4v) is 6.09. The van der Waals surface area contributed by atoms with E-state index in [1.54, 1.807) is 17.0 Å². The van der Waals surface area contributed by atoms with Gasteiger partial charge in [-0.3, -0.25) is 4.79 Å². The zero-order valence-corrected chi connectivity index (χ0v) is 28.4. The van der Waals surface area contributed by atoms with Crippen molar-refractivity contribution >= 4 is 18.1 Å². The third-order valence-electron chi connectivity index (χ3n) is 8.48. The van der Waals surface area contributed by atoms with E-state index in [4.69, 9.17) is 24.1 Å². The van der Waals surface area contributed by atoms with Gasteiger partial charge < -0.3 is 39.6 Å². The van der Waals surface area contributed by atoms with Crippen LogP contribution in [0.2, 0.25) is 0 Å². The lowest BCUT2D eigenvalue weighted by Gasteiger charge is -2.46. The molecule has 0 spiro atoms. The van der Waals surface area contributed by atoms with Gasteiger partial charge in [0.2, 0.25) is 0 Å². The summed E-state index contributed by atoms with van der Waals surface area (Å²) >= 11 is 0. The first-order chi connectivity index (χ1) is 23.6. The summed E-state index contributed by atoms with van der Waals surface area (Å²) in [7, 11) is 0. The molecule has 2 aliphatic heterocycles. The van der Waals surface area contributed by atoms with Crippen molar-refractivity contribution in [3.63, 3.8) is 0 Å². The molecule has 3 atom stereocenters. The smallest absolute Gasteiger partial charge is 0.410 e. The normalized spacial score (nSPS) is 19.3. The number of benzene rings is 3. The van der Waals surface area contributed by atoms with Crippen LogP contribution in [0, 0.1) is 11.8 Å². The fraction of sp³-hybridized carbons (Fsp3) is 0.447. The second-order valence-electron chi connectivity index (χ2n) is 13.5. The number of carbonyl (C=O) groups excluding carboxylic acids is 3. The van der Waals surface area contributed by atoms with Crippen molar-refractivity contribution in [3.8, 4) is 5.75 Å². The van der Waals surface area contributed by atoms with Gasteiger partial charge >= 0.3 is 12.2 Å². The molecule has 2 aliphatic rings. The lowest BCUT2D eigenvalue weighted by atomic mass is 9.85. The average Bonchev–Trinajstić information content (AvgIpc) is 3.08. The molecule has 3 N–H and O–H groups in total. The molecule has 0 saturated carbocycles. The van der Waals surface area contributed by atoms with Crippen LogP contribution < -0.4 is 15.4 Å². The summed E-state index contributed by atoms with van der Waals surface area (Å²) < 4.78 is 23.6. The standard InChI is InChI=1S/C38H47N3O8/c1-38(2,3)49-37(45)41-21-30-24-46-25-31(22-41)34(30)48-36(44)40-33(27-10-5-4-6-11-27)29-12-9-13-32(20-29)47-23-26-14-16-28(17-15-26)35(43)39-18-7-8-19-42/h4-6,9-17,20,30-31,33-34,42H,7-8,18-19,21-25H2,1-3H3,(H,39,43)(H,40,44). The number of piperidine rings is 1. The van der Waals surface area contributed by atoms with Gasteiger partial charge in [-0.2, -0.15) is 0 Å². The van der Waals surface area contributed by atoms with E-state index in [0.29, 0.717) is 57.2 Å². The average molecular weight is 674 g/mol. The summed E-state index contributed by atoms with van der Waals surface area (Å²) in [5.41, 5.74) is 2.55. The number of carbonyl (C=O) groups is 3. The van der Waals surface area contributed by atoms with Gasteiger partial charge in [-0.15, -0.1) is 0 Å². The molecular formula is C38H47N3O8. The Morgan fingerprint density at radius 2 is 1.61 bits per heavy atom. The minimum Gasteiger partial charge on any atom is -0.489 e. The first-order valence-corrected chi connectivity index (χ1v) is 16.9. The molecule has 3 amide bonds. The molecule has 2 fully saturated rings. The number of aliphatic hydroxyl groups excluding tert-OH is 1. The van der Waals surface area contributed by atoms with Crippen LogP contribution in [0.25, 0.3) is 0 Å². The molecule has 262 valence electrons. The van der Waals surface area contributed by atoms with Crippen LogP contribution in [0.3, 0.4) is 0 Å². The highest BCUT2D eigenvalue weighted by molar-refractivity contribution is 5.94. The summed E-state index contributed by atoms with van der Waals surface area (Å²) in [6.45, 7) is 7.97. The van der Waals surface area contributed by atoms with Gasteiger partial charge in [0.15, 0.2) is 0 Å². The maximum absolute atomic E-state index is 13.5. The van der Waals surface area contributed by atoms with Gasteiger partial charge in [-0.1, -0.05) is 54.6 Å². The summed E-state index contributed by atoms with van der Waals surface area (Å²) in [5.74, 6) is 0.135. The van der Waals surface area contributed by atoms with Gasteiger partial charge in [-0.05, 0) is 74.6 Å². The maximum atomic E-state index is 13.5. The zero-order chi connectivity index (χ0) is 34.8. The van der Waals surface area contributed by atoms with Gasteiger partial charge in [-0.25, -0.2) is 9.59 Å². The molecule has 0 aromatic heterocycles. The van der Waals surface area contributed by atoms with E-state index in [1.165, 1.54) is 0 Å². The maximum Gasteiger partial charge on any atom is 0.410 e. The molecule has 0 radical (unpaired) electrons. The monoisotopic (exact) mass is 673 g/mol. The van der Waals surface area contributed by atoms with E-state index in [0.717, 1.165) is 23.1 Å². The third kappa shape index (κ3) is 10.2. The number of nitrogens with zero attached hydrogens (tertiary/aromatic N) is 1. The van der Waals surface area contributed by atoms with E-state index in [2.05, 4.69) is 10.6 Å². The highest BCUT2D eigenvalue weighted by atomic mass is 16.6. The number of nitrogens with one attached hydrogen (secondary N) is 2. The van der Waals surface area contributed by atoms with Crippen molar-refractivity contribution in [2.75, 3.05) is 39.5 Å². The van der Waals surface area contributed by atoms with E-state index >= 15 is 0 Å². The molecule has 11 nitrogen and oxygen atoms in total. The Kier molecular flexibility index (Phi) is 12.1. The van der Waals surface area contributed by atoms with Crippen LogP contribution in [0.15, 0.2) is 78.9 Å². The van der Waals surface area contributed by atoms with Gasteiger partial charge in [0.1, 0.15) is 24.1 Å². The Morgan fingerprint density at radius 3 is 2.29 bits per heavy atom. The first-order valence-electron chi connectivity index (χ1n) is 16.9. The summed E-state index contributed by atoms with van der Waals surface area (Å²) in [5, 5.41) is 14.8. The van der Waals surface area contributed by atoms with Crippen molar-refractivity contribution in [1.29, 1.82) is 0 Å². The number of fused-ring (bicyclic) bond motifs is 2. The van der Waals surface area contributed by atoms with Crippen molar-refractivity contribution in [3.05, 3.63) is 101 Å². The molecular weight excluding hydrogens is 626 g/mol. The highest BCUT2D eigenvalue weighted by Gasteiger charge is 2.45. The number of ether oxygens (including phenoxy) is 4. The van der Waals surface area contributed by atoms with Crippen LogP contribution >= 0.6 is 0 Å². The quantitative estimate of drug-likeness (QED) is 0.216. The van der Waals surface area contributed by atoms with E-state index < -0.39 is 23.8 Å². The van der Waals surface area contributed by atoms with Crippen LogP contribution in [0.1, 0.15) is 66.7 Å². The molecule has 2 saturated heterocycles. The van der Waals surface area contributed by atoms with Crippen molar-refractivity contribution in [2.24, 2.45) is 11.8 Å². The molecule has 3 aromatic rings. The van der Waals surface area contributed by atoms with Gasteiger partial charge in [0.25, 0.3) is 5.91 Å². The Hall–Kier alpha value is -4.61. The van der Waals surface area contributed by atoms with Gasteiger partial charge in [0.05, 0.1) is 19.3 Å². The summed E-state index contributed by atoms with van der Waals surface area (Å²) in [4.78, 5) is 40.4. The predicted octanol–water partition coefficient (Wildman–Crippen LogP) is 5.47. The van der Waals surface area contributed by atoms with Crippen molar-refractivity contribution < 1.29 is 38.4 Å². The van der Waals surface area contributed by atoms with Gasteiger partial charge in [0, 0.05) is 43.6 Å². The Morgan fingerprint density at radius 1 is 0.918 bits per heavy atom. The molecule has 0 aliphatic carbocycles. The first kappa shape index (κ1) is 35.7. The minimum absolute atomic E-state index is 0.111. The number of rotatable bonds is 12. The van der Waals surface area contributed by atoms with E-state index in [1.807, 2.05) is 87.5 Å². The second-order valence-corrected chi connectivity index (χ2v) is 13.5. The topological polar surface area (TPSA) is 136 Å². The van der Waals surface area contributed by atoms with Crippen LogP contribution in [0.5, 0.6) is 5.75 Å². The Bertz CT molecular complexity index is 1530. The highest BCUT2D eigenvalue weighted by Crippen LogP contribution is 2.32. The predicted molar refractivity (Wildman–Crippen MR) is 183 cm³/mol. The number of unbranched alkanes of at least 4 members (excludes halogenated alkanes) is 1. The Balaban J connectivity index is 1.22. The van der Waals surface area contributed by atoms with Crippen molar-refractivity contribution in [2.45, 2.75) is 58.0 Å². The van der Waals surface area contributed by atoms with Crippen molar-refractivity contribution in [1.82, 2.24) is 15.5 Å². The number of amides is 3. The number of hydrogen-bond acceptors (Lipinski definition) is 8. The fourth-order valence-electron chi connectivity index (χ4n) is 6.09. The molecule has 11 heteroatoms. The molecule has 3 unspecified atom stereocenters. The minimum atomic E-state index is -0.600. The van der Waals surface area contributed by atoms with Crippen LogP contribution in [-0.4, -0.2) is 79.3 Å². The largest absolute Gasteiger partial charge is 0.489 e. The van der Waals surface area contributed by atoms with E-state index in [9.17, 15) is 14.4 Å². The van der Waals surface area contributed by atoms with Crippen LogP contribution in [-0.2, 0) is 20.8 Å². The molecule has 49 heavy (non-hydrogen) atoms. The van der Waals surface area contributed by atoms with Crippen LogP contribution in [0.4, 0.5) is 9.59 Å². The molecule has 2 heterocycles. The summed E-state index contributed by atoms with van der Waals surface area (Å²) in [6.07, 6.45) is 0.0536. The number of alkyl carbamates (subject to hydrolysis) is 1. The number of hydrogen-bond donors (Lipinski definition) is 3. The lowest BCUT2D eigenvalue weighted by molar-refractivity contribution is -0.124. The third-order valence-corrected chi connectivity index (χ3v) is 8.48. The second kappa shape index (κ2) is 16.7. The number of likely N-dealkylation sites (tertiary alicyclic amines) is 1. The van der Waals surface area contributed by atoms with E-state index in [-0.39, 0.29) is 30.4 Å². The summed E-state index contributed by atoms with van der Waals surface area (Å²) in [6, 6.07) is 24.0. The molecule has 3 aromatic carbocycles. The Labute approximate surface area is 287 Å². The lowest BCUT2D eigenvalue weighted by Crippen LogP contribution is -2.59. The number of aliphatic hydroxyl groups is 1.